The molecule has 66 valence electrons. The van der Waals surface area contributed by atoms with E-state index in [9.17, 15) is 9.59 Å². The topological polar surface area (TPSA) is 57.9 Å². The van der Waals surface area contributed by atoms with Gasteiger partial charge in [-0.15, -0.1) is 0 Å². The fraction of sp³-hybridized carbons (Fsp3) is 0. The minimum atomic E-state index is -0.675. The zero-order chi connectivity index (χ0) is 10.1. The van der Waals surface area contributed by atoms with Crippen LogP contribution >= 0.6 is 0 Å². The van der Waals surface area contributed by atoms with Crippen molar-refractivity contribution >= 4 is 0 Å². The number of benzene rings is 1. The molecule has 0 spiro atoms. The molecular weight excluding hydrogens is 178 g/mol. The number of hydrogen-bond acceptors (Lipinski definition) is 3. The highest BCUT2D eigenvalue weighted by molar-refractivity contribution is 5.73. The van der Waals surface area contributed by atoms with Gasteiger partial charge in [0.15, 0.2) is 0 Å². The van der Waals surface area contributed by atoms with Crippen LogP contribution in [0.1, 0.15) is 5.56 Å². The molecule has 3 nitrogen and oxygen atoms in total. The van der Waals surface area contributed by atoms with Crippen LogP contribution in [-0.4, -0.2) is 0 Å². The molecule has 2 aromatic rings. The molecular formula is C11H5NO2. The lowest BCUT2D eigenvalue weighted by Gasteiger charge is -2.03. The van der Waals surface area contributed by atoms with E-state index in [4.69, 9.17) is 5.26 Å². The highest BCUT2D eigenvalue weighted by Crippen LogP contribution is 2.17. The van der Waals surface area contributed by atoms with Crippen LogP contribution in [0.3, 0.4) is 0 Å². The first-order valence-electron chi connectivity index (χ1n) is 4.04. The van der Waals surface area contributed by atoms with Gasteiger partial charge in [0.05, 0.1) is 5.56 Å². The molecule has 0 saturated carbocycles. The molecule has 0 amide bonds. The molecule has 2 rings (SSSR count). The SMILES string of the molecule is N#Cc1c(-c2ccccc2)c(=O)c1=O. The van der Waals surface area contributed by atoms with E-state index in [1.807, 2.05) is 0 Å². The first-order valence-corrected chi connectivity index (χ1v) is 4.04. The minimum Gasteiger partial charge on any atom is -0.285 e. The number of hydrogen-bond donors (Lipinski definition) is 0. The Hall–Kier alpha value is -2.21. The zero-order valence-electron chi connectivity index (χ0n) is 7.15. The van der Waals surface area contributed by atoms with Crippen molar-refractivity contribution < 1.29 is 0 Å². The molecule has 3 heteroatoms. The molecule has 2 aromatic carbocycles. The molecule has 14 heavy (non-hydrogen) atoms. The number of nitriles is 1. The maximum absolute atomic E-state index is 11.2. The van der Waals surface area contributed by atoms with Crippen molar-refractivity contribution in [1.82, 2.24) is 0 Å². The van der Waals surface area contributed by atoms with E-state index in [0.717, 1.165) is 0 Å². The predicted octanol–water partition coefficient (Wildman–Crippen LogP) is 0.821. The van der Waals surface area contributed by atoms with Crippen LogP contribution in [-0.2, 0) is 0 Å². The summed E-state index contributed by atoms with van der Waals surface area (Å²) in [7, 11) is 0. The summed E-state index contributed by atoms with van der Waals surface area (Å²) in [5.41, 5.74) is -0.382. The number of rotatable bonds is 1. The third kappa shape index (κ3) is 0.979. The quantitative estimate of drug-likeness (QED) is 0.615. The van der Waals surface area contributed by atoms with E-state index in [1.165, 1.54) is 0 Å². The fourth-order valence-corrected chi connectivity index (χ4v) is 1.38. The first kappa shape index (κ1) is 8.39. The summed E-state index contributed by atoms with van der Waals surface area (Å²) in [6.07, 6.45) is 0. The van der Waals surface area contributed by atoms with Gasteiger partial charge in [0.25, 0.3) is 0 Å². The average Bonchev–Trinajstić information content (AvgIpc) is 2.25. The van der Waals surface area contributed by atoms with E-state index < -0.39 is 10.9 Å². The van der Waals surface area contributed by atoms with Crippen molar-refractivity contribution in [3.8, 4) is 17.2 Å². The predicted molar refractivity (Wildman–Crippen MR) is 51.5 cm³/mol. The van der Waals surface area contributed by atoms with E-state index in [1.54, 1.807) is 36.4 Å². The zero-order valence-corrected chi connectivity index (χ0v) is 7.15. The van der Waals surface area contributed by atoms with Gasteiger partial charge in [0.1, 0.15) is 11.6 Å². The van der Waals surface area contributed by atoms with Crippen LogP contribution in [0.4, 0.5) is 0 Å². The summed E-state index contributed by atoms with van der Waals surface area (Å²) in [6, 6.07) is 10.5. The Morgan fingerprint density at radius 2 is 1.64 bits per heavy atom. The molecule has 0 N–H and O–H groups in total. The van der Waals surface area contributed by atoms with Crippen LogP contribution in [0.5, 0.6) is 0 Å². The molecule has 0 aliphatic carbocycles. The van der Waals surface area contributed by atoms with Crippen molar-refractivity contribution in [2.75, 3.05) is 0 Å². The van der Waals surface area contributed by atoms with Crippen molar-refractivity contribution in [2.45, 2.75) is 0 Å². The lowest BCUT2D eigenvalue weighted by atomic mass is 9.95. The highest BCUT2D eigenvalue weighted by atomic mass is 16.2. The third-order valence-electron chi connectivity index (χ3n) is 2.08. The second kappa shape index (κ2) is 2.93. The molecule has 0 radical (unpaired) electrons. The van der Waals surface area contributed by atoms with Crippen LogP contribution in [0, 0.1) is 11.3 Å². The molecule has 0 heterocycles. The monoisotopic (exact) mass is 183 g/mol. The van der Waals surface area contributed by atoms with Gasteiger partial charge in [0, 0.05) is 0 Å². The summed E-state index contributed by atoms with van der Waals surface area (Å²) < 4.78 is 0. The maximum atomic E-state index is 11.2. The van der Waals surface area contributed by atoms with Gasteiger partial charge in [-0.25, -0.2) is 0 Å². The Bertz CT molecular complexity index is 584. The highest BCUT2D eigenvalue weighted by Gasteiger charge is 2.21. The summed E-state index contributed by atoms with van der Waals surface area (Å²) >= 11 is 0. The summed E-state index contributed by atoms with van der Waals surface area (Å²) in [4.78, 5) is 22.1. The smallest absolute Gasteiger partial charge is 0.244 e. The van der Waals surface area contributed by atoms with Crippen LogP contribution in [0.25, 0.3) is 11.1 Å². The van der Waals surface area contributed by atoms with Crippen molar-refractivity contribution in [2.24, 2.45) is 0 Å². The van der Waals surface area contributed by atoms with Gasteiger partial charge >= 0.3 is 0 Å². The Balaban J connectivity index is 2.67. The summed E-state index contributed by atoms with van der Waals surface area (Å²) in [5.74, 6) is 0. The fourth-order valence-electron chi connectivity index (χ4n) is 1.38. The van der Waals surface area contributed by atoms with Gasteiger partial charge in [-0.3, -0.25) is 9.59 Å². The van der Waals surface area contributed by atoms with E-state index >= 15 is 0 Å². The lowest BCUT2D eigenvalue weighted by Crippen LogP contribution is -2.36. The van der Waals surface area contributed by atoms with Crippen LogP contribution < -0.4 is 10.9 Å². The molecule has 0 unspecified atom stereocenters. The summed E-state index contributed by atoms with van der Waals surface area (Å²) in [6.45, 7) is 0. The second-order valence-corrected chi connectivity index (χ2v) is 2.89. The molecule has 0 aliphatic rings. The van der Waals surface area contributed by atoms with Crippen molar-refractivity contribution in [3.05, 3.63) is 56.3 Å². The van der Waals surface area contributed by atoms with Crippen LogP contribution in [0.15, 0.2) is 39.9 Å². The Morgan fingerprint density at radius 3 is 2.21 bits per heavy atom. The molecule has 0 atom stereocenters. The van der Waals surface area contributed by atoms with E-state index in [2.05, 4.69) is 0 Å². The van der Waals surface area contributed by atoms with Crippen molar-refractivity contribution in [3.63, 3.8) is 0 Å². The standard InChI is InChI=1S/C11H5NO2/c12-6-8-9(11(14)10(8)13)7-4-2-1-3-5-7/h1-5H. The minimum absolute atomic E-state index is 0.0267. The third-order valence-corrected chi connectivity index (χ3v) is 2.08. The molecule has 0 fully saturated rings. The second-order valence-electron chi connectivity index (χ2n) is 2.89. The van der Waals surface area contributed by atoms with Crippen LogP contribution in [0.2, 0.25) is 0 Å². The Kier molecular flexibility index (Phi) is 1.76. The van der Waals surface area contributed by atoms with E-state index in [-0.39, 0.29) is 11.1 Å². The average molecular weight is 183 g/mol. The molecule has 0 aliphatic heterocycles. The van der Waals surface area contributed by atoms with E-state index in [0.29, 0.717) is 5.56 Å². The van der Waals surface area contributed by atoms with Gasteiger partial charge in [-0.1, -0.05) is 30.3 Å². The molecule has 0 aromatic heterocycles. The van der Waals surface area contributed by atoms with Gasteiger partial charge in [0.2, 0.25) is 10.9 Å². The van der Waals surface area contributed by atoms with Gasteiger partial charge in [-0.05, 0) is 5.56 Å². The largest absolute Gasteiger partial charge is 0.285 e. The first-order chi connectivity index (χ1) is 6.75. The Labute approximate surface area is 79.5 Å². The maximum Gasteiger partial charge on any atom is 0.244 e. The lowest BCUT2D eigenvalue weighted by molar-refractivity contribution is 1.34. The molecule has 0 saturated heterocycles. The van der Waals surface area contributed by atoms with Gasteiger partial charge < -0.3 is 0 Å². The molecule has 0 bridgehead atoms. The summed E-state index contributed by atoms with van der Waals surface area (Å²) in [5, 5.41) is 8.63. The normalized spacial score (nSPS) is 9.93. The van der Waals surface area contributed by atoms with Crippen molar-refractivity contribution in [1.29, 1.82) is 5.26 Å². The van der Waals surface area contributed by atoms with Gasteiger partial charge in [-0.2, -0.15) is 5.26 Å². The number of nitrogens with zero attached hydrogens (tertiary/aromatic N) is 1. The Morgan fingerprint density at radius 1 is 1.00 bits per heavy atom.